The SMILES string of the molecule is COCC(O)CN1CCC(CO)C1. The van der Waals surface area contributed by atoms with Gasteiger partial charge in [-0.05, 0) is 18.9 Å². The Hall–Kier alpha value is -0.160. The summed E-state index contributed by atoms with van der Waals surface area (Å²) in [6.07, 6.45) is 0.637. The molecule has 0 aromatic rings. The Morgan fingerprint density at radius 1 is 1.62 bits per heavy atom. The summed E-state index contributed by atoms with van der Waals surface area (Å²) in [5.41, 5.74) is 0. The van der Waals surface area contributed by atoms with Crippen molar-refractivity contribution in [1.82, 2.24) is 4.90 Å². The molecule has 2 N–H and O–H groups in total. The van der Waals surface area contributed by atoms with E-state index < -0.39 is 6.10 Å². The van der Waals surface area contributed by atoms with Crippen LogP contribution in [0.5, 0.6) is 0 Å². The minimum absolute atomic E-state index is 0.261. The molecule has 4 heteroatoms. The lowest BCUT2D eigenvalue weighted by Gasteiger charge is -2.19. The maximum absolute atomic E-state index is 9.44. The smallest absolute Gasteiger partial charge is 0.0900 e. The van der Waals surface area contributed by atoms with Crippen molar-refractivity contribution in [3.8, 4) is 0 Å². The minimum atomic E-state index is -0.401. The van der Waals surface area contributed by atoms with Crippen LogP contribution in [0.2, 0.25) is 0 Å². The summed E-state index contributed by atoms with van der Waals surface area (Å²) in [7, 11) is 1.59. The van der Waals surface area contributed by atoms with E-state index in [1.807, 2.05) is 0 Å². The summed E-state index contributed by atoms with van der Waals surface area (Å²) < 4.78 is 4.84. The third kappa shape index (κ3) is 3.60. The van der Waals surface area contributed by atoms with Gasteiger partial charge < -0.3 is 19.8 Å². The van der Waals surface area contributed by atoms with Crippen molar-refractivity contribution in [3.63, 3.8) is 0 Å². The van der Waals surface area contributed by atoms with Gasteiger partial charge in [0.1, 0.15) is 0 Å². The van der Waals surface area contributed by atoms with E-state index in [4.69, 9.17) is 9.84 Å². The van der Waals surface area contributed by atoms with Crippen LogP contribution in [0.1, 0.15) is 6.42 Å². The molecule has 0 saturated carbocycles. The third-order valence-electron chi connectivity index (χ3n) is 2.46. The van der Waals surface area contributed by atoms with Gasteiger partial charge in [0, 0.05) is 26.8 Å². The molecule has 0 bridgehead atoms. The summed E-state index contributed by atoms with van der Waals surface area (Å²) in [5, 5.41) is 18.3. The van der Waals surface area contributed by atoms with Crippen LogP contribution in [0.3, 0.4) is 0 Å². The van der Waals surface area contributed by atoms with Crippen molar-refractivity contribution in [3.05, 3.63) is 0 Å². The summed E-state index contributed by atoms with van der Waals surface area (Å²) in [6, 6.07) is 0. The van der Waals surface area contributed by atoms with Crippen LogP contribution in [0.4, 0.5) is 0 Å². The van der Waals surface area contributed by atoms with Crippen LogP contribution in [-0.2, 0) is 4.74 Å². The van der Waals surface area contributed by atoms with Gasteiger partial charge in [0.25, 0.3) is 0 Å². The number of aliphatic hydroxyl groups excluding tert-OH is 2. The highest BCUT2D eigenvalue weighted by atomic mass is 16.5. The molecule has 2 unspecified atom stereocenters. The summed E-state index contributed by atoms with van der Waals surface area (Å²) in [6.45, 7) is 3.19. The first kappa shape index (κ1) is 10.9. The summed E-state index contributed by atoms with van der Waals surface area (Å²) >= 11 is 0. The quantitative estimate of drug-likeness (QED) is 0.601. The maximum atomic E-state index is 9.44. The van der Waals surface area contributed by atoms with E-state index in [2.05, 4.69) is 4.90 Å². The molecule has 0 radical (unpaired) electrons. The molecular formula is C9H19NO3. The average Bonchev–Trinajstić information content (AvgIpc) is 2.52. The van der Waals surface area contributed by atoms with E-state index in [1.165, 1.54) is 0 Å². The number of hydrogen-bond acceptors (Lipinski definition) is 4. The lowest BCUT2D eigenvalue weighted by atomic mass is 10.1. The second-order valence-electron chi connectivity index (χ2n) is 3.71. The van der Waals surface area contributed by atoms with Gasteiger partial charge in [-0.3, -0.25) is 0 Å². The van der Waals surface area contributed by atoms with Crippen molar-refractivity contribution < 1.29 is 14.9 Å². The first-order chi connectivity index (χ1) is 6.26. The van der Waals surface area contributed by atoms with E-state index in [0.29, 0.717) is 19.1 Å². The Kier molecular flexibility index (Phi) is 4.66. The fourth-order valence-electron chi connectivity index (χ4n) is 1.77. The van der Waals surface area contributed by atoms with Crippen molar-refractivity contribution in [2.75, 3.05) is 40.0 Å². The first-order valence-electron chi connectivity index (χ1n) is 4.76. The van der Waals surface area contributed by atoms with Crippen LogP contribution in [0.25, 0.3) is 0 Å². The molecule has 1 rings (SSSR count). The zero-order chi connectivity index (χ0) is 9.68. The highest BCUT2D eigenvalue weighted by molar-refractivity contribution is 4.76. The molecule has 1 aliphatic heterocycles. The summed E-state index contributed by atoms with van der Waals surface area (Å²) in [5.74, 6) is 0.398. The van der Waals surface area contributed by atoms with Crippen molar-refractivity contribution in [1.29, 1.82) is 0 Å². The largest absolute Gasteiger partial charge is 0.396 e. The second kappa shape index (κ2) is 5.54. The lowest BCUT2D eigenvalue weighted by molar-refractivity contribution is 0.0415. The van der Waals surface area contributed by atoms with Gasteiger partial charge in [0.2, 0.25) is 0 Å². The molecule has 1 heterocycles. The molecule has 78 valence electrons. The molecule has 1 saturated heterocycles. The van der Waals surface area contributed by atoms with Crippen LogP contribution in [0, 0.1) is 5.92 Å². The molecule has 4 nitrogen and oxygen atoms in total. The number of nitrogens with zero attached hydrogens (tertiary/aromatic N) is 1. The van der Waals surface area contributed by atoms with Gasteiger partial charge in [-0.15, -0.1) is 0 Å². The Labute approximate surface area is 79.1 Å². The molecule has 0 spiro atoms. The summed E-state index contributed by atoms with van der Waals surface area (Å²) in [4.78, 5) is 2.17. The Bertz CT molecular complexity index is 143. The minimum Gasteiger partial charge on any atom is -0.396 e. The number of methoxy groups -OCH3 is 1. The topological polar surface area (TPSA) is 52.9 Å². The molecule has 0 aromatic carbocycles. The molecule has 0 aromatic heterocycles. The van der Waals surface area contributed by atoms with Gasteiger partial charge in [-0.1, -0.05) is 0 Å². The molecule has 1 aliphatic rings. The Morgan fingerprint density at radius 3 is 2.92 bits per heavy atom. The van der Waals surface area contributed by atoms with Gasteiger partial charge >= 0.3 is 0 Å². The second-order valence-corrected chi connectivity index (χ2v) is 3.71. The van der Waals surface area contributed by atoms with E-state index in [-0.39, 0.29) is 6.61 Å². The molecular weight excluding hydrogens is 170 g/mol. The highest BCUT2D eigenvalue weighted by Gasteiger charge is 2.23. The zero-order valence-corrected chi connectivity index (χ0v) is 8.15. The number of likely N-dealkylation sites (tertiary alicyclic amines) is 1. The predicted octanol–water partition coefficient (Wildman–Crippen LogP) is -0.692. The van der Waals surface area contributed by atoms with Crippen LogP contribution < -0.4 is 0 Å². The van der Waals surface area contributed by atoms with Crippen molar-refractivity contribution in [2.24, 2.45) is 5.92 Å². The Morgan fingerprint density at radius 2 is 2.38 bits per heavy atom. The highest BCUT2D eigenvalue weighted by Crippen LogP contribution is 2.15. The number of aliphatic hydroxyl groups is 2. The fourth-order valence-corrected chi connectivity index (χ4v) is 1.77. The monoisotopic (exact) mass is 189 g/mol. The van der Waals surface area contributed by atoms with Crippen LogP contribution in [-0.4, -0.2) is 61.2 Å². The third-order valence-corrected chi connectivity index (χ3v) is 2.46. The van der Waals surface area contributed by atoms with Gasteiger partial charge in [-0.2, -0.15) is 0 Å². The molecule has 13 heavy (non-hydrogen) atoms. The zero-order valence-electron chi connectivity index (χ0n) is 8.15. The predicted molar refractivity (Wildman–Crippen MR) is 49.5 cm³/mol. The standard InChI is InChI=1S/C9H19NO3/c1-13-7-9(12)5-10-3-2-8(4-10)6-11/h8-9,11-12H,2-7H2,1H3. The van der Waals surface area contributed by atoms with Crippen molar-refractivity contribution >= 4 is 0 Å². The van der Waals surface area contributed by atoms with Gasteiger partial charge in [0.05, 0.1) is 12.7 Å². The van der Waals surface area contributed by atoms with E-state index >= 15 is 0 Å². The maximum Gasteiger partial charge on any atom is 0.0900 e. The molecule has 0 amide bonds. The number of hydrogen-bond donors (Lipinski definition) is 2. The molecule has 1 fully saturated rings. The van der Waals surface area contributed by atoms with E-state index in [1.54, 1.807) is 7.11 Å². The molecule has 2 atom stereocenters. The average molecular weight is 189 g/mol. The first-order valence-corrected chi connectivity index (χ1v) is 4.76. The van der Waals surface area contributed by atoms with Crippen LogP contribution >= 0.6 is 0 Å². The Balaban J connectivity index is 2.16. The van der Waals surface area contributed by atoms with Crippen molar-refractivity contribution in [2.45, 2.75) is 12.5 Å². The molecule has 0 aliphatic carbocycles. The van der Waals surface area contributed by atoms with Gasteiger partial charge in [0.15, 0.2) is 0 Å². The lowest BCUT2D eigenvalue weighted by Crippen LogP contribution is -2.33. The van der Waals surface area contributed by atoms with E-state index in [0.717, 1.165) is 19.5 Å². The normalized spacial score (nSPS) is 26.5. The van der Waals surface area contributed by atoms with E-state index in [9.17, 15) is 5.11 Å². The number of β-amino-alcohol motifs (C(OH)–C–C–N with tert-alkyl or cyclic N) is 1. The number of rotatable bonds is 5. The fraction of sp³-hybridized carbons (Fsp3) is 1.00. The number of ether oxygens (including phenoxy) is 1. The van der Waals surface area contributed by atoms with Crippen LogP contribution in [0.15, 0.2) is 0 Å². The van der Waals surface area contributed by atoms with Gasteiger partial charge in [-0.25, -0.2) is 0 Å².